The van der Waals surface area contributed by atoms with Crippen LogP contribution < -0.4 is 0 Å². The van der Waals surface area contributed by atoms with Gasteiger partial charge in [0, 0.05) is 19.7 Å². The summed E-state index contributed by atoms with van der Waals surface area (Å²) in [5.74, 6) is -0.373. The Kier molecular flexibility index (Phi) is 3.04. The van der Waals surface area contributed by atoms with Crippen molar-refractivity contribution in [2.24, 2.45) is 7.05 Å². The molecular formula is C13H13FN2O. The smallest absolute Gasteiger partial charge is 0.185 e. The molecule has 0 N–H and O–H groups in total. The molecule has 2 aromatic rings. The van der Waals surface area contributed by atoms with Crippen LogP contribution in [0.3, 0.4) is 0 Å². The summed E-state index contributed by atoms with van der Waals surface area (Å²) in [6.07, 6.45) is 1.77. The Balaban J connectivity index is 2.24. The summed E-state index contributed by atoms with van der Waals surface area (Å²) in [5.41, 5.74) is 2.17. The fraction of sp³-hybridized carbons (Fsp3) is 0.231. The average Bonchev–Trinajstić information content (AvgIpc) is 2.70. The van der Waals surface area contributed by atoms with Crippen molar-refractivity contribution < 1.29 is 9.18 Å². The summed E-state index contributed by atoms with van der Waals surface area (Å²) < 4.78 is 14.6. The fourth-order valence-electron chi connectivity index (χ4n) is 1.74. The highest BCUT2D eigenvalue weighted by Gasteiger charge is 2.12. The van der Waals surface area contributed by atoms with E-state index in [0.717, 1.165) is 11.1 Å². The molecule has 0 aliphatic carbocycles. The standard InChI is InChI=1S/C13H13FN2O/c1-9-3-4-11(14)7-10(9)8-13(17)12-5-6-15-16(12)2/h3-7H,8H2,1-2H3. The Bertz CT molecular complexity index is 560. The molecule has 1 aromatic heterocycles. The number of rotatable bonds is 3. The SMILES string of the molecule is Cc1ccc(F)cc1CC(=O)c1ccnn1C. The van der Waals surface area contributed by atoms with E-state index in [9.17, 15) is 9.18 Å². The van der Waals surface area contributed by atoms with E-state index in [1.54, 1.807) is 25.4 Å². The first kappa shape index (κ1) is 11.5. The molecule has 0 atom stereocenters. The van der Waals surface area contributed by atoms with Crippen molar-refractivity contribution in [3.63, 3.8) is 0 Å². The highest BCUT2D eigenvalue weighted by atomic mass is 19.1. The van der Waals surface area contributed by atoms with Crippen LogP contribution in [0.5, 0.6) is 0 Å². The molecule has 0 unspecified atom stereocenters. The van der Waals surface area contributed by atoms with E-state index < -0.39 is 0 Å². The first-order valence-electron chi connectivity index (χ1n) is 5.34. The summed E-state index contributed by atoms with van der Waals surface area (Å²) in [4.78, 5) is 12.0. The van der Waals surface area contributed by atoms with Crippen molar-refractivity contribution in [3.05, 3.63) is 53.1 Å². The molecule has 0 aliphatic heterocycles. The zero-order valence-electron chi connectivity index (χ0n) is 9.77. The van der Waals surface area contributed by atoms with Crippen LogP contribution in [0.2, 0.25) is 0 Å². The van der Waals surface area contributed by atoms with Crippen LogP contribution in [0, 0.1) is 12.7 Å². The molecule has 0 saturated heterocycles. The highest BCUT2D eigenvalue weighted by molar-refractivity contribution is 5.96. The zero-order chi connectivity index (χ0) is 12.4. The third-order valence-corrected chi connectivity index (χ3v) is 2.77. The van der Waals surface area contributed by atoms with Gasteiger partial charge >= 0.3 is 0 Å². The van der Waals surface area contributed by atoms with Crippen LogP contribution in [0.4, 0.5) is 4.39 Å². The molecule has 88 valence electrons. The third-order valence-electron chi connectivity index (χ3n) is 2.77. The Morgan fingerprint density at radius 1 is 1.41 bits per heavy atom. The summed E-state index contributed by atoms with van der Waals surface area (Å²) in [7, 11) is 1.71. The van der Waals surface area contributed by atoms with Crippen molar-refractivity contribution in [1.82, 2.24) is 9.78 Å². The largest absolute Gasteiger partial charge is 0.292 e. The number of benzene rings is 1. The van der Waals surface area contributed by atoms with E-state index in [-0.39, 0.29) is 18.0 Å². The Labute approximate surface area is 98.9 Å². The number of carbonyl (C=O) groups is 1. The first-order chi connectivity index (χ1) is 8.08. The fourth-order valence-corrected chi connectivity index (χ4v) is 1.74. The molecule has 0 spiro atoms. The summed E-state index contributed by atoms with van der Waals surface area (Å²) in [5, 5.41) is 3.94. The molecule has 0 saturated carbocycles. The predicted octanol–water partition coefficient (Wildman–Crippen LogP) is 2.29. The lowest BCUT2D eigenvalue weighted by atomic mass is 10.0. The number of ketones is 1. The molecule has 0 amide bonds. The van der Waals surface area contributed by atoms with E-state index in [0.29, 0.717) is 5.69 Å². The minimum atomic E-state index is -0.316. The van der Waals surface area contributed by atoms with Crippen LogP contribution in [-0.4, -0.2) is 15.6 Å². The normalized spacial score (nSPS) is 10.5. The van der Waals surface area contributed by atoms with Crippen LogP contribution in [0.15, 0.2) is 30.5 Å². The molecule has 1 heterocycles. The molecule has 2 rings (SSSR count). The second kappa shape index (κ2) is 4.49. The van der Waals surface area contributed by atoms with Gasteiger partial charge in [-0.15, -0.1) is 0 Å². The van der Waals surface area contributed by atoms with Gasteiger partial charge in [0.2, 0.25) is 0 Å². The van der Waals surface area contributed by atoms with Crippen LogP contribution in [-0.2, 0) is 13.5 Å². The van der Waals surface area contributed by atoms with Crippen LogP contribution in [0.1, 0.15) is 21.6 Å². The topological polar surface area (TPSA) is 34.9 Å². The Morgan fingerprint density at radius 3 is 2.82 bits per heavy atom. The number of aryl methyl sites for hydroxylation is 2. The predicted molar refractivity (Wildman–Crippen MR) is 62.4 cm³/mol. The Morgan fingerprint density at radius 2 is 2.18 bits per heavy atom. The molecule has 3 nitrogen and oxygen atoms in total. The molecule has 0 bridgehead atoms. The molecule has 0 radical (unpaired) electrons. The number of hydrogen-bond acceptors (Lipinski definition) is 2. The highest BCUT2D eigenvalue weighted by Crippen LogP contribution is 2.13. The number of hydrogen-bond donors (Lipinski definition) is 0. The van der Waals surface area contributed by atoms with Crippen molar-refractivity contribution in [1.29, 1.82) is 0 Å². The average molecular weight is 232 g/mol. The maximum absolute atomic E-state index is 13.1. The number of Topliss-reactive ketones (excluding diaryl/α,β-unsaturated/α-hetero) is 1. The second-order valence-corrected chi connectivity index (χ2v) is 4.01. The van der Waals surface area contributed by atoms with Gasteiger partial charge in [-0.3, -0.25) is 9.48 Å². The number of nitrogens with zero attached hydrogens (tertiary/aromatic N) is 2. The molecule has 0 fully saturated rings. The van der Waals surface area contributed by atoms with Gasteiger partial charge in [0.15, 0.2) is 5.78 Å². The van der Waals surface area contributed by atoms with Crippen molar-refractivity contribution in [2.45, 2.75) is 13.3 Å². The van der Waals surface area contributed by atoms with Gasteiger partial charge < -0.3 is 0 Å². The Hall–Kier alpha value is -1.97. The molecule has 1 aromatic carbocycles. The minimum absolute atomic E-state index is 0.0568. The van der Waals surface area contributed by atoms with Crippen molar-refractivity contribution in [3.8, 4) is 0 Å². The lowest BCUT2D eigenvalue weighted by Crippen LogP contribution is -2.10. The monoisotopic (exact) mass is 232 g/mol. The van der Waals surface area contributed by atoms with Gasteiger partial charge in [-0.2, -0.15) is 5.10 Å². The summed E-state index contributed by atoms with van der Waals surface area (Å²) in [6, 6.07) is 6.15. The van der Waals surface area contributed by atoms with Crippen LogP contribution in [0.25, 0.3) is 0 Å². The number of carbonyl (C=O) groups excluding carboxylic acids is 1. The molecular weight excluding hydrogens is 219 g/mol. The second-order valence-electron chi connectivity index (χ2n) is 4.01. The minimum Gasteiger partial charge on any atom is -0.292 e. The van der Waals surface area contributed by atoms with Gasteiger partial charge in [-0.1, -0.05) is 6.07 Å². The molecule has 0 aliphatic rings. The lowest BCUT2D eigenvalue weighted by molar-refractivity contribution is 0.0983. The first-order valence-corrected chi connectivity index (χ1v) is 5.34. The van der Waals surface area contributed by atoms with Crippen molar-refractivity contribution in [2.75, 3.05) is 0 Å². The molecule has 4 heteroatoms. The number of halogens is 1. The van der Waals surface area contributed by atoms with Crippen molar-refractivity contribution >= 4 is 5.78 Å². The van der Waals surface area contributed by atoms with Gasteiger partial charge in [0.05, 0.1) is 0 Å². The van der Waals surface area contributed by atoms with E-state index in [1.165, 1.54) is 16.8 Å². The summed E-state index contributed by atoms with van der Waals surface area (Å²) in [6.45, 7) is 1.87. The lowest BCUT2D eigenvalue weighted by Gasteiger charge is -2.05. The zero-order valence-corrected chi connectivity index (χ0v) is 9.77. The van der Waals surface area contributed by atoms with E-state index in [4.69, 9.17) is 0 Å². The maximum atomic E-state index is 13.1. The van der Waals surface area contributed by atoms with E-state index in [2.05, 4.69) is 5.10 Å². The molecule has 17 heavy (non-hydrogen) atoms. The van der Waals surface area contributed by atoms with Gasteiger partial charge in [0.25, 0.3) is 0 Å². The van der Waals surface area contributed by atoms with E-state index >= 15 is 0 Å². The number of aromatic nitrogens is 2. The van der Waals surface area contributed by atoms with E-state index in [1.807, 2.05) is 6.92 Å². The van der Waals surface area contributed by atoms with Gasteiger partial charge in [-0.05, 0) is 36.2 Å². The van der Waals surface area contributed by atoms with Gasteiger partial charge in [0.1, 0.15) is 11.5 Å². The third kappa shape index (κ3) is 2.41. The van der Waals surface area contributed by atoms with Crippen LogP contribution >= 0.6 is 0 Å². The quantitative estimate of drug-likeness (QED) is 0.761. The summed E-state index contributed by atoms with van der Waals surface area (Å²) >= 11 is 0. The maximum Gasteiger partial charge on any atom is 0.185 e. The van der Waals surface area contributed by atoms with Gasteiger partial charge in [-0.25, -0.2) is 4.39 Å².